The number of nitrogens with two attached hydrogens (primary N) is 1. The van der Waals surface area contributed by atoms with E-state index >= 15 is 0 Å². The number of benzene rings is 2. The number of carbonyl (C=O) groups excluding carboxylic acids is 1. The van der Waals surface area contributed by atoms with Gasteiger partial charge in [-0.05, 0) is 36.6 Å². The molecule has 0 fully saturated rings. The molecule has 3 N–H and O–H groups in total. The van der Waals surface area contributed by atoms with Crippen LogP contribution in [0.25, 0.3) is 0 Å². The Hall–Kier alpha value is -2.14. The molecule has 0 aliphatic heterocycles. The van der Waals surface area contributed by atoms with Crippen molar-refractivity contribution in [2.24, 2.45) is 0 Å². The average molecular weight is 288 g/mol. The number of rotatable bonds is 5. The Morgan fingerprint density at radius 2 is 2.05 bits per heavy atom. The molecule has 0 bridgehead atoms. The first kappa shape index (κ1) is 14.3. The molecule has 104 valence electrons. The number of anilines is 2. The van der Waals surface area contributed by atoms with Gasteiger partial charge >= 0.3 is 0 Å². The molecule has 20 heavy (non-hydrogen) atoms. The minimum absolute atomic E-state index is 0.0487. The lowest BCUT2D eigenvalue weighted by atomic mass is 10.3. The molecule has 2 aromatic rings. The van der Waals surface area contributed by atoms with E-state index in [-0.39, 0.29) is 12.5 Å². The van der Waals surface area contributed by atoms with Crippen molar-refractivity contribution in [2.75, 3.05) is 23.9 Å². The van der Waals surface area contributed by atoms with E-state index in [9.17, 15) is 4.79 Å². The first-order chi connectivity index (χ1) is 9.67. The molecule has 0 saturated heterocycles. The summed E-state index contributed by atoms with van der Waals surface area (Å²) < 4.78 is 5.38. The van der Waals surface area contributed by atoms with Crippen molar-refractivity contribution in [2.45, 2.75) is 4.90 Å². The van der Waals surface area contributed by atoms with Crippen LogP contribution in [0.15, 0.2) is 53.4 Å². The number of hydrogen-bond donors (Lipinski definition) is 2. The molecule has 0 aliphatic carbocycles. The molecule has 0 radical (unpaired) electrons. The topological polar surface area (TPSA) is 64.3 Å². The van der Waals surface area contributed by atoms with Gasteiger partial charge in [0.2, 0.25) is 0 Å². The van der Waals surface area contributed by atoms with Gasteiger partial charge in [0.15, 0.2) is 6.61 Å². The van der Waals surface area contributed by atoms with Crippen molar-refractivity contribution in [1.29, 1.82) is 0 Å². The van der Waals surface area contributed by atoms with Gasteiger partial charge in [0.05, 0.1) is 0 Å². The quantitative estimate of drug-likeness (QED) is 0.655. The van der Waals surface area contributed by atoms with Crippen LogP contribution in [-0.2, 0) is 4.79 Å². The summed E-state index contributed by atoms with van der Waals surface area (Å²) >= 11 is 1.63. The van der Waals surface area contributed by atoms with E-state index in [2.05, 4.69) is 5.32 Å². The largest absolute Gasteiger partial charge is 0.484 e. The second kappa shape index (κ2) is 6.86. The first-order valence-corrected chi connectivity index (χ1v) is 7.32. The molecular weight excluding hydrogens is 272 g/mol. The number of ether oxygens (including phenoxy) is 1. The maximum atomic E-state index is 11.8. The third-order valence-corrected chi connectivity index (χ3v) is 3.31. The molecule has 0 spiro atoms. The van der Waals surface area contributed by atoms with Gasteiger partial charge in [-0.3, -0.25) is 4.79 Å². The van der Waals surface area contributed by atoms with Crippen LogP contribution >= 0.6 is 11.8 Å². The molecule has 5 heteroatoms. The highest BCUT2D eigenvalue weighted by atomic mass is 32.2. The average Bonchev–Trinajstić information content (AvgIpc) is 2.45. The van der Waals surface area contributed by atoms with Crippen molar-refractivity contribution < 1.29 is 9.53 Å². The van der Waals surface area contributed by atoms with Crippen LogP contribution in [-0.4, -0.2) is 18.8 Å². The third kappa shape index (κ3) is 4.20. The van der Waals surface area contributed by atoms with E-state index in [1.54, 1.807) is 36.0 Å². The Morgan fingerprint density at radius 1 is 1.25 bits per heavy atom. The summed E-state index contributed by atoms with van der Waals surface area (Å²) in [7, 11) is 0. The number of thioether (sulfide) groups is 1. The number of hydrogen-bond acceptors (Lipinski definition) is 4. The van der Waals surface area contributed by atoms with Crippen molar-refractivity contribution >= 4 is 29.0 Å². The normalized spacial score (nSPS) is 10.1. The van der Waals surface area contributed by atoms with Gasteiger partial charge in [-0.15, -0.1) is 11.8 Å². The number of nitrogens with one attached hydrogen (secondary N) is 1. The maximum absolute atomic E-state index is 11.8. The zero-order valence-corrected chi connectivity index (χ0v) is 11.9. The van der Waals surface area contributed by atoms with Gasteiger partial charge in [0, 0.05) is 22.3 Å². The Morgan fingerprint density at radius 3 is 2.80 bits per heavy atom. The smallest absolute Gasteiger partial charge is 0.262 e. The second-order valence-electron chi connectivity index (χ2n) is 4.14. The first-order valence-electron chi connectivity index (χ1n) is 6.09. The van der Waals surface area contributed by atoms with Crippen LogP contribution in [0.3, 0.4) is 0 Å². The fourth-order valence-corrected chi connectivity index (χ4v) is 2.11. The van der Waals surface area contributed by atoms with Gasteiger partial charge in [-0.2, -0.15) is 0 Å². The van der Waals surface area contributed by atoms with Gasteiger partial charge < -0.3 is 15.8 Å². The van der Waals surface area contributed by atoms with Crippen LogP contribution in [0.1, 0.15) is 0 Å². The van der Waals surface area contributed by atoms with Gasteiger partial charge in [-0.25, -0.2) is 0 Å². The standard InChI is InChI=1S/C15H16N2O2S/c1-20-14-7-3-5-12(9-14)17-15(18)10-19-13-6-2-4-11(16)8-13/h2-9H,10,16H2,1H3,(H,17,18). The molecule has 0 heterocycles. The SMILES string of the molecule is CSc1cccc(NC(=O)COc2cccc(N)c2)c1. The molecule has 0 aliphatic rings. The maximum Gasteiger partial charge on any atom is 0.262 e. The van der Waals surface area contributed by atoms with E-state index in [1.165, 1.54) is 0 Å². The highest BCUT2D eigenvalue weighted by Gasteiger charge is 2.04. The monoisotopic (exact) mass is 288 g/mol. The van der Waals surface area contributed by atoms with Crippen LogP contribution < -0.4 is 15.8 Å². The van der Waals surface area contributed by atoms with Crippen molar-refractivity contribution in [3.05, 3.63) is 48.5 Å². The Kier molecular flexibility index (Phi) is 4.90. The summed E-state index contributed by atoms with van der Waals surface area (Å²) in [5, 5.41) is 2.79. The summed E-state index contributed by atoms with van der Waals surface area (Å²) in [6.45, 7) is -0.0487. The summed E-state index contributed by atoms with van der Waals surface area (Å²) in [5.74, 6) is 0.378. The predicted molar refractivity (Wildman–Crippen MR) is 83.2 cm³/mol. The minimum atomic E-state index is -0.203. The summed E-state index contributed by atoms with van der Waals surface area (Å²) in [4.78, 5) is 12.9. The number of nitrogen functional groups attached to an aromatic ring is 1. The van der Waals surface area contributed by atoms with Crippen LogP contribution in [0.2, 0.25) is 0 Å². The zero-order valence-electron chi connectivity index (χ0n) is 11.1. The molecule has 0 atom stereocenters. The van der Waals surface area contributed by atoms with Crippen LogP contribution in [0, 0.1) is 0 Å². The lowest BCUT2D eigenvalue weighted by Crippen LogP contribution is -2.20. The fraction of sp³-hybridized carbons (Fsp3) is 0.133. The van der Waals surface area contributed by atoms with Crippen LogP contribution in [0.5, 0.6) is 5.75 Å². The van der Waals surface area contributed by atoms with Crippen LogP contribution in [0.4, 0.5) is 11.4 Å². The molecule has 0 aromatic heterocycles. The molecule has 1 amide bonds. The van der Waals surface area contributed by atoms with E-state index in [0.29, 0.717) is 11.4 Å². The molecule has 2 rings (SSSR count). The Balaban J connectivity index is 1.89. The lowest BCUT2D eigenvalue weighted by Gasteiger charge is -2.08. The number of amides is 1. The zero-order chi connectivity index (χ0) is 14.4. The second-order valence-corrected chi connectivity index (χ2v) is 5.02. The molecule has 2 aromatic carbocycles. The molecule has 0 saturated carbocycles. The highest BCUT2D eigenvalue weighted by Crippen LogP contribution is 2.19. The van der Waals surface area contributed by atoms with E-state index in [4.69, 9.17) is 10.5 Å². The van der Waals surface area contributed by atoms with Gasteiger partial charge in [0.1, 0.15) is 5.75 Å². The number of carbonyl (C=O) groups is 1. The Bertz CT molecular complexity index is 602. The van der Waals surface area contributed by atoms with Crippen molar-refractivity contribution in [3.8, 4) is 5.75 Å². The summed E-state index contributed by atoms with van der Waals surface area (Å²) in [6.07, 6.45) is 1.99. The highest BCUT2D eigenvalue weighted by molar-refractivity contribution is 7.98. The lowest BCUT2D eigenvalue weighted by molar-refractivity contribution is -0.118. The van der Waals surface area contributed by atoms with E-state index in [1.807, 2.05) is 30.5 Å². The summed E-state index contributed by atoms with van der Waals surface area (Å²) in [5.41, 5.74) is 7.01. The molecule has 0 unspecified atom stereocenters. The molecular formula is C15H16N2O2S. The van der Waals surface area contributed by atoms with Crippen molar-refractivity contribution in [1.82, 2.24) is 0 Å². The van der Waals surface area contributed by atoms with Gasteiger partial charge in [-0.1, -0.05) is 12.1 Å². The summed E-state index contributed by atoms with van der Waals surface area (Å²) in [6, 6.07) is 14.6. The van der Waals surface area contributed by atoms with E-state index in [0.717, 1.165) is 10.6 Å². The fourth-order valence-electron chi connectivity index (χ4n) is 1.65. The minimum Gasteiger partial charge on any atom is -0.484 e. The Labute approximate surface area is 122 Å². The van der Waals surface area contributed by atoms with Gasteiger partial charge in [0.25, 0.3) is 5.91 Å². The third-order valence-electron chi connectivity index (χ3n) is 2.58. The predicted octanol–water partition coefficient (Wildman–Crippen LogP) is 3.01. The molecule has 4 nitrogen and oxygen atoms in total. The van der Waals surface area contributed by atoms with Crippen molar-refractivity contribution in [3.63, 3.8) is 0 Å². The van der Waals surface area contributed by atoms with E-state index < -0.39 is 0 Å².